The van der Waals surface area contributed by atoms with Crippen molar-refractivity contribution in [2.45, 2.75) is 31.9 Å². The van der Waals surface area contributed by atoms with Gasteiger partial charge in [-0.15, -0.1) is 0 Å². The SMILES string of the molecule is Cc1nccn1[C@H]1C[C@H]2CN(C(=O)Nc3cccnc3)C[C@H]2C[C@@H]1Oc1ccccn1. The number of likely N-dealkylation sites (tertiary alicyclic amines) is 1. The highest BCUT2D eigenvalue weighted by Crippen LogP contribution is 2.43. The molecule has 5 rings (SSSR count). The number of carbonyl (C=O) groups excluding carboxylic acids is 1. The highest BCUT2D eigenvalue weighted by Gasteiger charge is 2.45. The number of anilines is 1. The van der Waals surface area contributed by atoms with Crippen LogP contribution in [0, 0.1) is 18.8 Å². The van der Waals surface area contributed by atoms with Gasteiger partial charge in [0.05, 0.1) is 17.9 Å². The summed E-state index contributed by atoms with van der Waals surface area (Å²) in [7, 11) is 0. The van der Waals surface area contributed by atoms with E-state index in [9.17, 15) is 4.79 Å². The van der Waals surface area contributed by atoms with Crippen LogP contribution in [0.2, 0.25) is 0 Å². The number of fused-ring (bicyclic) bond motifs is 1. The van der Waals surface area contributed by atoms with Crippen molar-refractivity contribution >= 4 is 11.7 Å². The minimum Gasteiger partial charge on any atom is -0.472 e. The molecule has 8 nitrogen and oxygen atoms in total. The normalized spacial score (nSPS) is 25.1. The van der Waals surface area contributed by atoms with Gasteiger partial charge >= 0.3 is 6.03 Å². The highest BCUT2D eigenvalue weighted by molar-refractivity contribution is 5.89. The fourth-order valence-electron chi connectivity index (χ4n) is 4.92. The second kappa shape index (κ2) is 8.37. The maximum atomic E-state index is 12.8. The Morgan fingerprint density at radius 2 is 1.94 bits per heavy atom. The van der Waals surface area contributed by atoms with Gasteiger partial charge < -0.3 is 19.5 Å². The second-order valence-electron chi connectivity index (χ2n) is 8.34. The Morgan fingerprint density at radius 1 is 1.06 bits per heavy atom. The summed E-state index contributed by atoms with van der Waals surface area (Å²) in [5, 5.41) is 2.96. The zero-order valence-electron chi connectivity index (χ0n) is 17.5. The number of rotatable bonds is 4. The third-order valence-electron chi connectivity index (χ3n) is 6.41. The van der Waals surface area contributed by atoms with E-state index in [0.717, 1.165) is 31.8 Å². The molecule has 31 heavy (non-hydrogen) atoms. The van der Waals surface area contributed by atoms with Gasteiger partial charge in [0.2, 0.25) is 5.88 Å². The lowest BCUT2D eigenvalue weighted by Crippen LogP contribution is -2.40. The predicted octanol–water partition coefficient (Wildman–Crippen LogP) is 3.54. The molecule has 1 aliphatic heterocycles. The summed E-state index contributed by atoms with van der Waals surface area (Å²) in [6.07, 6.45) is 10.8. The topological polar surface area (TPSA) is 85.2 Å². The fraction of sp³-hybridized carbons (Fsp3) is 0.391. The van der Waals surface area contributed by atoms with Gasteiger partial charge in [0.1, 0.15) is 11.9 Å². The maximum Gasteiger partial charge on any atom is 0.321 e. The van der Waals surface area contributed by atoms with Crippen LogP contribution in [0.3, 0.4) is 0 Å². The van der Waals surface area contributed by atoms with Crippen LogP contribution in [0.5, 0.6) is 5.88 Å². The Morgan fingerprint density at radius 3 is 2.65 bits per heavy atom. The number of nitrogens with one attached hydrogen (secondary N) is 1. The monoisotopic (exact) mass is 418 g/mol. The Hall–Kier alpha value is -3.42. The molecule has 0 spiro atoms. The van der Waals surface area contributed by atoms with Gasteiger partial charge in [0.15, 0.2) is 0 Å². The van der Waals surface area contributed by atoms with Crippen LogP contribution in [-0.2, 0) is 0 Å². The van der Waals surface area contributed by atoms with Gasteiger partial charge in [0.25, 0.3) is 0 Å². The number of carbonyl (C=O) groups is 1. The summed E-state index contributed by atoms with van der Waals surface area (Å²) in [6.45, 7) is 3.50. The first kappa shape index (κ1) is 19.5. The number of aryl methyl sites for hydroxylation is 1. The van der Waals surface area contributed by atoms with Crippen LogP contribution >= 0.6 is 0 Å². The Bertz CT molecular complexity index is 1020. The van der Waals surface area contributed by atoms with E-state index in [-0.39, 0.29) is 18.2 Å². The summed E-state index contributed by atoms with van der Waals surface area (Å²) >= 11 is 0. The molecule has 3 aromatic heterocycles. The van der Waals surface area contributed by atoms with Crippen molar-refractivity contribution in [2.24, 2.45) is 11.8 Å². The minimum absolute atomic E-state index is 0.0228. The smallest absolute Gasteiger partial charge is 0.321 e. The number of imidazole rings is 1. The van der Waals surface area contributed by atoms with Crippen molar-refractivity contribution in [1.82, 2.24) is 24.4 Å². The van der Waals surface area contributed by atoms with E-state index in [2.05, 4.69) is 24.8 Å². The Balaban J connectivity index is 1.33. The predicted molar refractivity (Wildman–Crippen MR) is 116 cm³/mol. The van der Waals surface area contributed by atoms with Crippen LogP contribution in [0.1, 0.15) is 24.7 Å². The molecule has 1 N–H and O–H groups in total. The van der Waals surface area contributed by atoms with Crippen molar-refractivity contribution < 1.29 is 9.53 Å². The van der Waals surface area contributed by atoms with Gasteiger partial charge in [-0.2, -0.15) is 0 Å². The number of nitrogens with zero attached hydrogens (tertiary/aromatic N) is 5. The zero-order valence-corrected chi connectivity index (χ0v) is 17.5. The van der Waals surface area contributed by atoms with E-state index in [4.69, 9.17) is 4.74 Å². The van der Waals surface area contributed by atoms with Crippen LogP contribution in [0.15, 0.2) is 61.3 Å². The lowest BCUT2D eigenvalue weighted by molar-refractivity contribution is 0.0504. The first-order chi connectivity index (χ1) is 15.2. The van der Waals surface area contributed by atoms with Crippen LogP contribution in [0.25, 0.3) is 0 Å². The van der Waals surface area contributed by atoms with E-state index >= 15 is 0 Å². The second-order valence-corrected chi connectivity index (χ2v) is 8.34. The van der Waals surface area contributed by atoms with E-state index in [1.165, 1.54) is 0 Å². The first-order valence-electron chi connectivity index (χ1n) is 10.7. The van der Waals surface area contributed by atoms with Crippen molar-refractivity contribution in [1.29, 1.82) is 0 Å². The summed E-state index contributed by atoms with van der Waals surface area (Å²) in [5.74, 6) is 2.43. The van der Waals surface area contributed by atoms with Crippen LogP contribution < -0.4 is 10.1 Å². The minimum atomic E-state index is -0.0695. The molecule has 4 atom stereocenters. The molecule has 0 bridgehead atoms. The summed E-state index contributed by atoms with van der Waals surface area (Å²) in [4.78, 5) is 27.6. The Kier molecular flexibility index (Phi) is 5.28. The van der Waals surface area contributed by atoms with Crippen molar-refractivity contribution in [2.75, 3.05) is 18.4 Å². The van der Waals surface area contributed by atoms with Gasteiger partial charge in [-0.25, -0.2) is 14.8 Å². The zero-order chi connectivity index (χ0) is 21.2. The molecular formula is C23H26N6O2. The molecule has 4 heterocycles. The molecule has 0 aromatic carbocycles. The van der Waals surface area contributed by atoms with Crippen molar-refractivity contribution in [3.05, 3.63) is 67.1 Å². The van der Waals surface area contributed by atoms with Crippen LogP contribution in [0.4, 0.5) is 10.5 Å². The van der Waals surface area contributed by atoms with E-state index < -0.39 is 0 Å². The molecule has 8 heteroatoms. The number of urea groups is 1. The molecule has 2 aliphatic rings. The molecule has 1 saturated heterocycles. The van der Waals surface area contributed by atoms with E-state index in [0.29, 0.717) is 23.4 Å². The third kappa shape index (κ3) is 4.10. The molecule has 1 saturated carbocycles. The van der Waals surface area contributed by atoms with E-state index in [1.807, 2.05) is 54.5 Å². The fourth-order valence-corrected chi connectivity index (χ4v) is 4.92. The molecular weight excluding hydrogens is 392 g/mol. The Labute approximate surface area is 181 Å². The lowest BCUT2D eigenvalue weighted by Gasteiger charge is -2.38. The molecule has 0 radical (unpaired) electrons. The summed E-state index contributed by atoms with van der Waals surface area (Å²) in [5.41, 5.74) is 0.714. The quantitative estimate of drug-likeness (QED) is 0.700. The molecule has 160 valence electrons. The standard InChI is InChI=1S/C23H26N6O2/c1-16-25-9-10-29(16)20-11-17-14-28(23(30)27-19-5-4-7-24-13-19)15-18(17)12-21(20)31-22-6-2-3-8-26-22/h2-10,13,17-18,20-21H,11-12,14-15H2,1H3,(H,27,30)/t17-,18+,20-,21-/m0/s1. The summed E-state index contributed by atoms with van der Waals surface area (Å²) < 4.78 is 8.57. The third-order valence-corrected chi connectivity index (χ3v) is 6.41. The summed E-state index contributed by atoms with van der Waals surface area (Å²) in [6, 6.07) is 9.47. The van der Waals surface area contributed by atoms with Crippen LogP contribution in [-0.4, -0.2) is 49.6 Å². The number of pyridine rings is 2. The number of hydrogen-bond donors (Lipinski definition) is 1. The number of ether oxygens (including phenoxy) is 1. The van der Waals surface area contributed by atoms with Crippen molar-refractivity contribution in [3.8, 4) is 5.88 Å². The van der Waals surface area contributed by atoms with Gasteiger partial charge in [0, 0.05) is 43.9 Å². The highest BCUT2D eigenvalue weighted by atomic mass is 16.5. The van der Waals surface area contributed by atoms with Gasteiger partial charge in [-0.1, -0.05) is 6.07 Å². The average Bonchev–Trinajstić information content (AvgIpc) is 3.40. The molecule has 2 amide bonds. The van der Waals surface area contributed by atoms with E-state index in [1.54, 1.807) is 18.6 Å². The maximum absolute atomic E-state index is 12.8. The number of hydrogen-bond acceptors (Lipinski definition) is 5. The number of amides is 2. The molecule has 1 aliphatic carbocycles. The van der Waals surface area contributed by atoms with Gasteiger partial charge in [-0.3, -0.25) is 4.98 Å². The molecule has 2 fully saturated rings. The number of aromatic nitrogens is 4. The molecule has 3 aromatic rings. The average molecular weight is 419 g/mol. The first-order valence-corrected chi connectivity index (χ1v) is 10.7. The lowest BCUT2D eigenvalue weighted by atomic mass is 9.77. The largest absolute Gasteiger partial charge is 0.472 e. The van der Waals surface area contributed by atoms with Crippen molar-refractivity contribution in [3.63, 3.8) is 0 Å². The molecule has 0 unspecified atom stereocenters. The van der Waals surface area contributed by atoms with Gasteiger partial charge in [-0.05, 0) is 49.8 Å².